The zero-order valence-electron chi connectivity index (χ0n) is 5.22. The molecular formula is C3H3F5O3S. The van der Waals surface area contributed by atoms with Crippen LogP contribution in [0, 0.1) is 0 Å². The molecule has 0 aromatic carbocycles. The van der Waals surface area contributed by atoms with Crippen molar-refractivity contribution in [1.82, 2.24) is 0 Å². The Bertz CT molecular complexity index is 247. The van der Waals surface area contributed by atoms with Crippen molar-refractivity contribution in [3.05, 3.63) is 0 Å². The highest BCUT2D eigenvalue weighted by Gasteiger charge is 2.55. The third kappa shape index (κ3) is 2.27. The molecule has 74 valence electrons. The Morgan fingerprint density at radius 2 is 1.50 bits per heavy atom. The van der Waals surface area contributed by atoms with Gasteiger partial charge in [0.05, 0.1) is 0 Å². The van der Waals surface area contributed by atoms with Crippen LogP contribution in [0.1, 0.15) is 0 Å². The van der Waals surface area contributed by atoms with Crippen molar-refractivity contribution in [2.45, 2.75) is 17.9 Å². The van der Waals surface area contributed by atoms with E-state index in [1.54, 1.807) is 0 Å². The zero-order valence-corrected chi connectivity index (χ0v) is 6.03. The zero-order chi connectivity index (χ0) is 10.2. The second-order valence-electron chi connectivity index (χ2n) is 1.81. The van der Waals surface area contributed by atoms with Gasteiger partial charge < -0.3 is 0 Å². The largest absolute Gasteiger partial charge is 0.354 e. The van der Waals surface area contributed by atoms with Crippen LogP contribution in [0.2, 0.25) is 0 Å². The van der Waals surface area contributed by atoms with E-state index in [9.17, 15) is 30.4 Å². The maximum Gasteiger partial charge on any atom is 0.354 e. The van der Waals surface area contributed by atoms with Gasteiger partial charge in [0.15, 0.2) is 0 Å². The van der Waals surface area contributed by atoms with Crippen molar-refractivity contribution >= 4 is 10.1 Å². The highest BCUT2D eigenvalue weighted by Crippen LogP contribution is 2.31. The molecule has 3 nitrogen and oxygen atoms in total. The first-order valence-electron chi connectivity index (χ1n) is 2.36. The lowest BCUT2D eigenvalue weighted by Crippen LogP contribution is -2.42. The summed E-state index contributed by atoms with van der Waals surface area (Å²) in [4.78, 5) is 0. The Labute approximate surface area is 63.9 Å². The van der Waals surface area contributed by atoms with Gasteiger partial charge in [0.1, 0.15) is 0 Å². The summed E-state index contributed by atoms with van der Waals surface area (Å²) in [5, 5.41) is 0. The highest BCUT2D eigenvalue weighted by molar-refractivity contribution is 7.86. The van der Waals surface area contributed by atoms with Gasteiger partial charge in [-0.2, -0.15) is 17.2 Å². The summed E-state index contributed by atoms with van der Waals surface area (Å²) in [5.41, 5.74) is -4.30. The summed E-state index contributed by atoms with van der Waals surface area (Å²) in [6.07, 6.45) is -4.49. The number of alkyl halides is 5. The van der Waals surface area contributed by atoms with Crippen LogP contribution in [0.3, 0.4) is 0 Å². The minimum absolute atomic E-state index is 4.30. The molecule has 0 saturated heterocycles. The van der Waals surface area contributed by atoms with E-state index in [4.69, 9.17) is 4.55 Å². The van der Waals surface area contributed by atoms with Gasteiger partial charge in [-0.3, -0.25) is 4.55 Å². The Kier molecular flexibility index (Phi) is 3.02. The fourth-order valence-electron chi connectivity index (χ4n) is 0.298. The number of hydrogen-bond acceptors (Lipinski definition) is 2. The molecule has 1 N–H and O–H groups in total. The lowest BCUT2D eigenvalue weighted by molar-refractivity contribution is -0.151. The van der Waals surface area contributed by atoms with Gasteiger partial charge in [-0.1, -0.05) is 0 Å². The van der Waals surface area contributed by atoms with E-state index < -0.39 is 28.0 Å². The van der Waals surface area contributed by atoms with Crippen LogP contribution in [0.15, 0.2) is 0 Å². The Hall–Kier alpha value is -0.440. The van der Waals surface area contributed by atoms with E-state index in [2.05, 4.69) is 0 Å². The first-order chi connectivity index (χ1) is 5.10. The van der Waals surface area contributed by atoms with E-state index in [-0.39, 0.29) is 0 Å². The second-order valence-corrected chi connectivity index (χ2v) is 3.25. The summed E-state index contributed by atoms with van der Waals surface area (Å²) in [7, 11) is -5.80. The molecule has 0 aromatic heterocycles. The van der Waals surface area contributed by atoms with Crippen LogP contribution in [0.25, 0.3) is 0 Å². The van der Waals surface area contributed by atoms with Crippen molar-refractivity contribution in [3.63, 3.8) is 0 Å². The van der Waals surface area contributed by atoms with Gasteiger partial charge in [-0.25, -0.2) is 13.2 Å². The molecule has 0 aliphatic carbocycles. The van der Waals surface area contributed by atoms with Gasteiger partial charge in [-0.05, 0) is 0 Å². The lowest BCUT2D eigenvalue weighted by Gasteiger charge is -2.16. The molecule has 0 radical (unpaired) electrons. The molecule has 0 spiro atoms. The summed E-state index contributed by atoms with van der Waals surface area (Å²) in [6, 6.07) is 0. The molecule has 0 amide bonds. The molecule has 0 aromatic rings. The molecule has 0 rings (SSSR count). The van der Waals surface area contributed by atoms with Crippen molar-refractivity contribution in [3.8, 4) is 0 Å². The molecule has 12 heavy (non-hydrogen) atoms. The highest BCUT2D eigenvalue weighted by atomic mass is 32.2. The average Bonchev–Trinajstić information content (AvgIpc) is 1.83. The van der Waals surface area contributed by atoms with E-state index in [1.807, 2.05) is 0 Å². The number of halogens is 5. The van der Waals surface area contributed by atoms with E-state index in [1.165, 1.54) is 0 Å². The molecule has 0 heterocycles. The smallest absolute Gasteiger partial charge is 0.283 e. The standard InChI is InChI=1S/C3H3F5O3S/c4-1(5)3(7,8)2(6)12(9,10)11/h1-2H,(H,9,10,11). The van der Waals surface area contributed by atoms with Crippen molar-refractivity contribution in [1.29, 1.82) is 0 Å². The van der Waals surface area contributed by atoms with Crippen LogP contribution in [0.5, 0.6) is 0 Å². The molecule has 0 saturated carbocycles. The van der Waals surface area contributed by atoms with Gasteiger partial charge >= 0.3 is 22.5 Å². The molecule has 1 atom stereocenters. The first-order valence-corrected chi connectivity index (χ1v) is 3.86. The predicted octanol–water partition coefficient (Wildman–Crippen LogP) is 1.07. The maximum atomic E-state index is 11.9. The summed E-state index contributed by atoms with van der Waals surface area (Å²) in [5.74, 6) is -5.40. The third-order valence-corrected chi connectivity index (χ3v) is 1.69. The molecule has 0 bridgehead atoms. The van der Waals surface area contributed by atoms with Crippen molar-refractivity contribution < 1.29 is 34.9 Å². The van der Waals surface area contributed by atoms with Gasteiger partial charge in [0, 0.05) is 0 Å². The molecular weight excluding hydrogens is 211 g/mol. The Balaban J connectivity index is 4.82. The van der Waals surface area contributed by atoms with Crippen molar-refractivity contribution in [2.24, 2.45) is 0 Å². The SMILES string of the molecule is O=S(=O)(O)C(F)C(F)(F)C(F)F. The average molecular weight is 214 g/mol. The van der Waals surface area contributed by atoms with Gasteiger partial charge in [0.2, 0.25) is 0 Å². The van der Waals surface area contributed by atoms with E-state index in [0.717, 1.165) is 0 Å². The lowest BCUT2D eigenvalue weighted by atomic mass is 10.4. The summed E-state index contributed by atoms with van der Waals surface area (Å²) in [6.45, 7) is 0. The number of rotatable bonds is 3. The monoisotopic (exact) mass is 214 g/mol. The minimum Gasteiger partial charge on any atom is -0.283 e. The van der Waals surface area contributed by atoms with Crippen molar-refractivity contribution in [2.75, 3.05) is 0 Å². The van der Waals surface area contributed by atoms with Crippen LogP contribution in [0.4, 0.5) is 22.0 Å². The molecule has 1 unspecified atom stereocenters. The quantitative estimate of drug-likeness (QED) is 0.564. The van der Waals surface area contributed by atoms with Gasteiger partial charge in [0.25, 0.3) is 5.50 Å². The van der Waals surface area contributed by atoms with Crippen LogP contribution in [-0.2, 0) is 10.1 Å². The molecule has 0 aliphatic rings. The maximum absolute atomic E-state index is 11.9. The Morgan fingerprint density at radius 1 is 1.17 bits per heavy atom. The topological polar surface area (TPSA) is 54.4 Å². The summed E-state index contributed by atoms with van der Waals surface area (Å²) < 4.78 is 84.8. The second kappa shape index (κ2) is 3.13. The van der Waals surface area contributed by atoms with E-state index in [0.29, 0.717) is 0 Å². The van der Waals surface area contributed by atoms with Crippen LogP contribution in [-0.4, -0.2) is 30.8 Å². The third-order valence-electron chi connectivity index (χ3n) is 0.855. The molecule has 0 fully saturated rings. The Morgan fingerprint density at radius 3 is 1.58 bits per heavy atom. The summed E-state index contributed by atoms with van der Waals surface area (Å²) >= 11 is 0. The molecule has 9 heteroatoms. The normalized spacial score (nSPS) is 16.6. The van der Waals surface area contributed by atoms with E-state index >= 15 is 0 Å². The predicted molar refractivity (Wildman–Crippen MR) is 27.4 cm³/mol. The van der Waals surface area contributed by atoms with Gasteiger partial charge in [-0.15, -0.1) is 0 Å². The minimum atomic E-state index is -5.80. The fraction of sp³-hybridized carbons (Fsp3) is 1.00. The van der Waals surface area contributed by atoms with Crippen LogP contribution >= 0.6 is 0 Å². The fourth-order valence-corrected chi connectivity index (χ4v) is 0.798. The van der Waals surface area contributed by atoms with Crippen LogP contribution < -0.4 is 0 Å². The number of hydrogen-bond donors (Lipinski definition) is 1. The first kappa shape index (κ1) is 11.6. The molecule has 0 aliphatic heterocycles.